The van der Waals surface area contributed by atoms with Crippen molar-refractivity contribution in [1.29, 1.82) is 0 Å². The summed E-state index contributed by atoms with van der Waals surface area (Å²) in [6.45, 7) is 5.78. The second-order valence-electron chi connectivity index (χ2n) is 4.35. The number of carbonyl (C=O) groups excluding carboxylic acids is 2. The van der Waals surface area contributed by atoms with Crippen LogP contribution in [0.25, 0.3) is 0 Å². The maximum atomic E-state index is 12.0. The van der Waals surface area contributed by atoms with Crippen LogP contribution in [0, 0.1) is 20.8 Å². The maximum absolute atomic E-state index is 12.0. The molecule has 0 amide bonds. The predicted molar refractivity (Wildman–Crippen MR) is 66.5 cm³/mol. The number of benzene rings is 1. The summed E-state index contributed by atoms with van der Waals surface area (Å²) < 4.78 is 4.72. The second kappa shape index (κ2) is 5.73. The standard InChI is InChI=1S/C14H18O3/c1-9-5-10(2)14(11(3)6-9)13(16)7-12(15)8-17-4/h5-6H,7-8H2,1-4H3. The van der Waals surface area contributed by atoms with Crippen LogP contribution >= 0.6 is 0 Å². The Kier molecular flexibility index (Phi) is 4.58. The number of aryl methyl sites for hydroxylation is 3. The molecule has 0 radical (unpaired) electrons. The number of carbonyl (C=O) groups is 2. The third-order valence-corrected chi connectivity index (χ3v) is 2.62. The predicted octanol–water partition coefficient (Wildman–Crippen LogP) is 2.40. The highest BCUT2D eigenvalue weighted by molar-refractivity contribution is 6.09. The Morgan fingerprint density at radius 2 is 1.65 bits per heavy atom. The molecule has 0 spiro atoms. The van der Waals surface area contributed by atoms with Crippen molar-refractivity contribution in [2.75, 3.05) is 13.7 Å². The fourth-order valence-electron chi connectivity index (χ4n) is 2.10. The van der Waals surface area contributed by atoms with Gasteiger partial charge in [0.1, 0.15) is 6.61 Å². The fourth-order valence-corrected chi connectivity index (χ4v) is 2.10. The Hall–Kier alpha value is -1.48. The molecule has 0 heterocycles. The fraction of sp³-hybridized carbons (Fsp3) is 0.429. The van der Waals surface area contributed by atoms with Gasteiger partial charge in [0.2, 0.25) is 0 Å². The number of methoxy groups -OCH3 is 1. The summed E-state index contributed by atoms with van der Waals surface area (Å²) in [6, 6.07) is 3.92. The van der Waals surface area contributed by atoms with Crippen molar-refractivity contribution in [3.8, 4) is 0 Å². The lowest BCUT2D eigenvalue weighted by Crippen LogP contribution is -2.14. The summed E-state index contributed by atoms with van der Waals surface area (Å²) in [7, 11) is 1.45. The second-order valence-corrected chi connectivity index (χ2v) is 4.35. The molecule has 1 aromatic rings. The molecule has 17 heavy (non-hydrogen) atoms. The van der Waals surface area contributed by atoms with E-state index in [0.717, 1.165) is 16.7 Å². The summed E-state index contributed by atoms with van der Waals surface area (Å²) in [5, 5.41) is 0. The molecule has 0 aromatic heterocycles. The minimum Gasteiger partial charge on any atom is -0.377 e. The Labute approximate surface area is 102 Å². The van der Waals surface area contributed by atoms with Crippen molar-refractivity contribution < 1.29 is 14.3 Å². The first-order chi connectivity index (χ1) is 7.95. The SMILES string of the molecule is COCC(=O)CC(=O)c1c(C)cc(C)cc1C. The zero-order valence-electron chi connectivity index (χ0n) is 10.8. The molecular weight excluding hydrogens is 216 g/mol. The van der Waals surface area contributed by atoms with Gasteiger partial charge >= 0.3 is 0 Å². The van der Waals surface area contributed by atoms with Crippen molar-refractivity contribution in [3.05, 3.63) is 34.4 Å². The van der Waals surface area contributed by atoms with E-state index in [1.54, 1.807) is 0 Å². The largest absolute Gasteiger partial charge is 0.377 e. The molecule has 0 bridgehead atoms. The molecule has 3 nitrogen and oxygen atoms in total. The first kappa shape index (κ1) is 13.6. The average Bonchev–Trinajstić information content (AvgIpc) is 2.15. The van der Waals surface area contributed by atoms with Gasteiger partial charge in [0.25, 0.3) is 0 Å². The van der Waals surface area contributed by atoms with E-state index in [9.17, 15) is 9.59 Å². The topological polar surface area (TPSA) is 43.4 Å². The van der Waals surface area contributed by atoms with Crippen LogP contribution in [0.1, 0.15) is 33.5 Å². The number of hydrogen-bond donors (Lipinski definition) is 0. The van der Waals surface area contributed by atoms with Crippen molar-refractivity contribution in [2.45, 2.75) is 27.2 Å². The van der Waals surface area contributed by atoms with Gasteiger partial charge in [-0.25, -0.2) is 0 Å². The highest BCUT2D eigenvalue weighted by Gasteiger charge is 2.16. The molecule has 0 N–H and O–H groups in total. The van der Waals surface area contributed by atoms with E-state index in [1.807, 2.05) is 32.9 Å². The van der Waals surface area contributed by atoms with Gasteiger partial charge in [0.15, 0.2) is 11.6 Å². The summed E-state index contributed by atoms with van der Waals surface area (Å²) >= 11 is 0. The molecule has 0 fully saturated rings. The summed E-state index contributed by atoms with van der Waals surface area (Å²) in [5.74, 6) is -0.307. The van der Waals surface area contributed by atoms with Crippen LogP contribution in [-0.2, 0) is 9.53 Å². The Balaban J connectivity index is 2.93. The lowest BCUT2D eigenvalue weighted by molar-refractivity contribution is -0.121. The third kappa shape index (κ3) is 3.49. The van der Waals surface area contributed by atoms with Gasteiger partial charge in [-0.2, -0.15) is 0 Å². The maximum Gasteiger partial charge on any atom is 0.170 e. The number of rotatable bonds is 5. The van der Waals surface area contributed by atoms with Crippen LogP contribution in [0.3, 0.4) is 0 Å². The Bertz CT molecular complexity index is 424. The van der Waals surface area contributed by atoms with Gasteiger partial charge in [-0.1, -0.05) is 17.7 Å². The van der Waals surface area contributed by atoms with Gasteiger partial charge in [0, 0.05) is 12.7 Å². The Morgan fingerprint density at radius 1 is 1.12 bits per heavy atom. The normalized spacial score (nSPS) is 10.4. The van der Waals surface area contributed by atoms with Crippen molar-refractivity contribution in [3.63, 3.8) is 0 Å². The van der Waals surface area contributed by atoms with E-state index in [4.69, 9.17) is 4.74 Å². The minimum atomic E-state index is -0.183. The number of Topliss-reactive ketones (excluding diaryl/α,β-unsaturated/α-hetero) is 2. The van der Waals surface area contributed by atoms with Crippen LogP contribution in [-0.4, -0.2) is 25.3 Å². The molecule has 0 aliphatic heterocycles. The molecule has 0 unspecified atom stereocenters. The van der Waals surface area contributed by atoms with Gasteiger partial charge in [0.05, 0.1) is 6.42 Å². The number of hydrogen-bond acceptors (Lipinski definition) is 3. The van der Waals surface area contributed by atoms with Crippen LogP contribution in [0.15, 0.2) is 12.1 Å². The lowest BCUT2D eigenvalue weighted by Gasteiger charge is -2.09. The average molecular weight is 234 g/mol. The quantitative estimate of drug-likeness (QED) is 0.580. The Morgan fingerprint density at radius 3 is 2.12 bits per heavy atom. The molecule has 0 aliphatic carbocycles. The smallest absolute Gasteiger partial charge is 0.170 e. The number of ether oxygens (including phenoxy) is 1. The van der Waals surface area contributed by atoms with Crippen LogP contribution in [0.4, 0.5) is 0 Å². The van der Waals surface area contributed by atoms with Gasteiger partial charge in [-0.15, -0.1) is 0 Å². The summed E-state index contributed by atoms with van der Waals surface area (Å²) in [6.07, 6.45) is -0.0847. The van der Waals surface area contributed by atoms with E-state index in [1.165, 1.54) is 7.11 Å². The molecule has 0 saturated heterocycles. The van der Waals surface area contributed by atoms with Crippen LogP contribution in [0.2, 0.25) is 0 Å². The molecule has 0 atom stereocenters. The molecular formula is C14H18O3. The first-order valence-corrected chi connectivity index (χ1v) is 5.57. The first-order valence-electron chi connectivity index (χ1n) is 5.57. The summed E-state index contributed by atoms with van der Waals surface area (Å²) in [4.78, 5) is 23.4. The van der Waals surface area contributed by atoms with E-state index < -0.39 is 0 Å². The minimum absolute atomic E-state index is 0.00427. The molecule has 1 rings (SSSR count). The molecule has 92 valence electrons. The van der Waals surface area contributed by atoms with Crippen molar-refractivity contribution >= 4 is 11.6 Å². The number of ketones is 2. The third-order valence-electron chi connectivity index (χ3n) is 2.62. The van der Waals surface area contributed by atoms with Gasteiger partial charge in [-0.05, 0) is 31.9 Å². The molecule has 0 saturated carbocycles. The van der Waals surface area contributed by atoms with Gasteiger partial charge < -0.3 is 4.74 Å². The van der Waals surface area contributed by atoms with Crippen molar-refractivity contribution in [1.82, 2.24) is 0 Å². The highest BCUT2D eigenvalue weighted by Crippen LogP contribution is 2.18. The molecule has 1 aromatic carbocycles. The highest BCUT2D eigenvalue weighted by atomic mass is 16.5. The zero-order chi connectivity index (χ0) is 13.0. The monoisotopic (exact) mass is 234 g/mol. The van der Waals surface area contributed by atoms with E-state index >= 15 is 0 Å². The van der Waals surface area contributed by atoms with E-state index in [-0.39, 0.29) is 24.6 Å². The zero-order valence-corrected chi connectivity index (χ0v) is 10.8. The molecule has 3 heteroatoms. The van der Waals surface area contributed by atoms with E-state index in [2.05, 4.69) is 0 Å². The van der Waals surface area contributed by atoms with Crippen LogP contribution in [0.5, 0.6) is 0 Å². The van der Waals surface area contributed by atoms with Crippen molar-refractivity contribution in [2.24, 2.45) is 0 Å². The lowest BCUT2D eigenvalue weighted by atomic mass is 9.94. The summed E-state index contributed by atoms with van der Waals surface area (Å²) in [5.41, 5.74) is 3.65. The van der Waals surface area contributed by atoms with Crippen LogP contribution < -0.4 is 0 Å². The van der Waals surface area contributed by atoms with E-state index in [0.29, 0.717) is 5.56 Å². The molecule has 0 aliphatic rings. The van der Waals surface area contributed by atoms with Gasteiger partial charge in [-0.3, -0.25) is 9.59 Å².